The van der Waals surface area contributed by atoms with Crippen LogP contribution in [0, 0.1) is 0 Å². The van der Waals surface area contributed by atoms with E-state index in [0.29, 0.717) is 31.1 Å². The van der Waals surface area contributed by atoms with Gasteiger partial charge in [0.2, 0.25) is 0 Å². The van der Waals surface area contributed by atoms with Crippen molar-refractivity contribution in [1.29, 1.82) is 0 Å². The van der Waals surface area contributed by atoms with E-state index in [0.717, 1.165) is 30.4 Å². The standard InChI is InChI=1S/C24H33N3O4/c1-5-30-22(28)21-19(13-14-25-21)26-16-17-10-6-7-11-18(17)20-12-8-9-15-27(20)23(29)31-24(2,3)4/h6-7,10-11,13-14,20,25-26H,5,8-9,12,15-16H2,1-4H3. The van der Waals surface area contributed by atoms with Crippen LogP contribution in [0.1, 0.15) is 74.6 Å². The number of aromatic amines is 1. The lowest BCUT2D eigenvalue weighted by molar-refractivity contribution is 0.00941. The molecule has 7 heteroatoms. The number of rotatable bonds is 6. The highest BCUT2D eigenvalue weighted by atomic mass is 16.6. The number of benzene rings is 1. The van der Waals surface area contributed by atoms with Crippen molar-refractivity contribution in [2.24, 2.45) is 0 Å². The third-order valence-corrected chi connectivity index (χ3v) is 5.24. The van der Waals surface area contributed by atoms with Crippen LogP contribution in [0.4, 0.5) is 10.5 Å². The van der Waals surface area contributed by atoms with E-state index in [-0.39, 0.29) is 18.1 Å². The van der Waals surface area contributed by atoms with Gasteiger partial charge in [-0.2, -0.15) is 0 Å². The molecule has 0 saturated carbocycles. The number of carbonyl (C=O) groups excluding carboxylic acids is 2. The molecule has 1 aromatic carbocycles. The van der Waals surface area contributed by atoms with Crippen molar-refractivity contribution in [2.75, 3.05) is 18.5 Å². The molecule has 1 unspecified atom stereocenters. The molecular formula is C24H33N3O4. The first-order valence-corrected chi connectivity index (χ1v) is 11.0. The van der Waals surface area contributed by atoms with Crippen molar-refractivity contribution in [3.63, 3.8) is 0 Å². The SMILES string of the molecule is CCOC(=O)c1[nH]ccc1NCc1ccccc1C1CCCCN1C(=O)OC(C)(C)C. The molecule has 7 nitrogen and oxygen atoms in total. The van der Waals surface area contributed by atoms with E-state index in [9.17, 15) is 9.59 Å². The number of H-pyrrole nitrogens is 1. The Morgan fingerprint density at radius 2 is 1.97 bits per heavy atom. The van der Waals surface area contributed by atoms with Crippen molar-refractivity contribution < 1.29 is 19.1 Å². The highest BCUT2D eigenvalue weighted by Crippen LogP contribution is 2.34. The van der Waals surface area contributed by atoms with Gasteiger partial charge in [-0.05, 0) is 64.2 Å². The number of nitrogens with one attached hydrogen (secondary N) is 2. The number of anilines is 1. The number of ether oxygens (including phenoxy) is 2. The normalized spacial score (nSPS) is 16.6. The van der Waals surface area contributed by atoms with Gasteiger partial charge in [0, 0.05) is 19.3 Å². The average molecular weight is 428 g/mol. The van der Waals surface area contributed by atoms with Gasteiger partial charge in [-0.25, -0.2) is 9.59 Å². The molecule has 168 valence electrons. The summed E-state index contributed by atoms with van der Waals surface area (Å²) in [7, 11) is 0. The maximum Gasteiger partial charge on any atom is 0.410 e. The summed E-state index contributed by atoms with van der Waals surface area (Å²) in [5.41, 5.74) is 2.76. The van der Waals surface area contributed by atoms with Gasteiger partial charge >= 0.3 is 12.1 Å². The minimum atomic E-state index is -0.530. The molecule has 31 heavy (non-hydrogen) atoms. The molecule has 0 radical (unpaired) electrons. The summed E-state index contributed by atoms with van der Waals surface area (Å²) in [5.74, 6) is -0.383. The molecule has 1 amide bonds. The van der Waals surface area contributed by atoms with Crippen LogP contribution in [0.25, 0.3) is 0 Å². The van der Waals surface area contributed by atoms with E-state index >= 15 is 0 Å². The molecule has 1 aliphatic heterocycles. The largest absolute Gasteiger partial charge is 0.461 e. The lowest BCUT2D eigenvalue weighted by Crippen LogP contribution is -2.42. The number of aromatic nitrogens is 1. The molecular weight excluding hydrogens is 394 g/mol. The highest BCUT2D eigenvalue weighted by molar-refractivity contribution is 5.93. The van der Waals surface area contributed by atoms with Crippen LogP contribution < -0.4 is 5.32 Å². The van der Waals surface area contributed by atoms with Gasteiger partial charge in [-0.15, -0.1) is 0 Å². The average Bonchev–Trinajstić information content (AvgIpc) is 3.20. The van der Waals surface area contributed by atoms with Gasteiger partial charge in [0.15, 0.2) is 0 Å². The predicted octanol–water partition coefficient (Wildman–Crippen LogP) is 5.27. The Balaban J connectivity index is 1.79. The number of likely N-dealkylation sites (tertiary alicyclic amines) is 1. The first kappa shape index (κ1) is 22.7. The second-order valence-corrected chi connectivity index (χ2v) is 8.72. The van der Waals surface area contributed by atoms with Crippen LogP contribution in [-0.2, 0) is 16.0 Å². The molecule has 2 aromatic rings. The molecule has 2 N–H and O–H groups in total. The first-order chi connectivity index (χ1) is 14.8. The first-order valence-electron chi connectivity index (χ1n) is 11.0. The summed E-state index contributed by atoms with van der Waals surface area (Å²) in [6, 6.07) is 9.92. The number of nitrogens with zero attached hydrogens (tertiary/aromatic N) is 1. The maximum absolute atomic E-state index is 12.9. The summed E-state index contributed by atoms with van der Waals surface area (Å²) < 4.78 is 10.8. The Kier molecular flexibility index (Phi) is 7.25. The number of hydrogen-bond acceptors (Lipinski definition) is 5. The molecule has 0 bridgehead atoms. The summed E-state index contributed by atoms with van der Waals surface area (Å²) in [6.45, 7) is 8.98. The van der Waals surface area contributed by atoms with E-state index in [1.165, 1.54) is 0 Å². The zero-order valence-corrected chi connectivity index (χ0v) is 18.9. The molecule has 0 aliphatic carbocycles. The van der Waals surface area contributed by atoms with Gasteiger partial charge in [0.1, 0.15) is 11.3 Å². The summed E-state index contributed by atoms with van der Waals surface area (Å²) >= 11 is 0. The Bertz CT molecular complexity index is 900. The summed E-state index contributed by atoms with van der Waals surface area (Å²) in [4.78, 5) is 29.8. The second-order valence-electron chi connectivity index (χ2n) is 8.72. The second kappa shape index (κ2) is 9.90. The smallest absolute Gasteiger partial charge is 0.410 e. The Labute approximate surface area is 184 Å². The Hall–Kier alpha value is -2.96. The van der Waals surface area contributed by atoms with Gasteiger partial charge in [0.25, 0.3) is 0 Å². The monoisotopic (exact) mass is 427 g/mol. The highest BCUT2D eigenvalue weighted by Gasteiger charge is 2.32. The van der Waals surface area contributed by atoms with Crippen molar-refractivity contribution in [3.8, 4) is 0 Å². The zero-order chi connectivity index (χ0) is 22.4. The number of piperidine rings is 1. The maximum atomic E-state index is 12.9. The lowest BCUT2D eigenvalue weighted by atomic mass is 9.92. The molecule has 2 heterocycles. The van der Waals surface area contributed by atoms with Crippen LogP contribution >= 0.6 is 0 Å². The van der Waals surface area contributed by atoms with E-state index in [4.69, 9.17) is 9.47 Å². The van der Waals surface area contributed by atoms with Crippen LogP contribution in [0.2, 0.25) is 0 Å². The quantitative estimate of drug-likeness (QED) is 0.614. The van der Waals surface area contributed by atoms with E-state index in [1.807, 2.05) is 43.9 Å². The molecule has 0 spiro atoms. The van der Waals surface area contributed by atoms with Crippen LogP contribution in [0.5, 0.6) is 0 Å². The van der Waals surface area contributed by atoms with Crippen molar-refractivity contribution in [2.45, 2.75) is 65.1 Å². The third-order valence-electron chi connectivity index (χ3n) is 5.24. The van der Waals surface area contributed by atoms with E-state index < -0.39 is 5.60 Å². The number of esters is 1. The fourth-order valence-electron chi connectivity index (χ4n) is 3.89. The Morgan fingerprint density at radius 1 is 1.19 bits per heavy atom. The molecule has 1 saturated heterocycles. The minimum absolute atomic E-state index is 0.0302. The van der Waals surface area contributed by atoms with E-state index in [1.54, 1.807) is 13.1 Å². The summed E-state index contributed by atoms with van der Waals surface area (Å²) in [6.07, 6.45) is 4.38. The van der Waals surface area contributed by atoms with Gasteiger partial charge < -0.3 is 24.7 Å². The third kappa shape index (κ3) is 5.81. The van der Waals surface area contributed by atoms with Crippen molar-refractivity contribution >= 4 is 17.7 Å². The molecule has 1 fully saturated rings. The molecule has 1 atom stereocenters. The van der Waals surface area contributed by atoms with Crippen LogP contribution in [0.15, 0.2) is 36.5 Å². The molecule has 3 rings (SSSR count). The van der Waals surface area contributed by atoms with Gasteiger partial charge in [-0.1, -0.05) is 24.3 Å². The van der Waals surface area contributed by atoms with Gasteiger partial charge in [-0.3, -0.25) is 0 Å². The van der Waals surface area contributed by atoms with Crippen molar-refractivity contribution in [3.05, 3.63) is 53.3 Å². The minimum Gasteiger partial charge on any atom is -0.461 e. The van der Waals surface area contributed by atoms with Crippen LogP contribution in [-0.4, -0.2) is 40.7 Å². The molecule has 1 aliphatic rings. The number of hydrogen-bond donors (Lipinski definition) is 2. The lowest BCUT2D eigenvalue weighted by Gasteiger charge is -2.37. The zero-order valence-electron chi connectivity index (χ0n) is 18.9. The number of carbonyl (C=O) groups is 2. The fourth-order valence-corrected chi connectivity index (χ4v) is 3.89. The topological polar surface area (TPSA) is 83.7 Å². The number of amides is 1. The molecule has 1 aromatic heterocycles. The van der Waals surface area contributed by atoms with Crippen molar-refractivity contribution in [1.82, 2.24) is 9.88 Å². The van der Waals surface area contributed by atoms with E-state index in [2.05, 4.69) is 22.4 Å². The summed E-state index contributed by atoms with van der Waals surface area (Å²) in [5, 5.41) is 3.34. The van der Waals surface area contributed by atoms with Gasteiger partial charge in [0.05, 0.1) is 18.3 Å². The van der Waals surface area contributed by atoms with Crippen LogP contribution in [0.3, 0.4) is 0 Å². The fraction of sp³-hybridized carbons (Fsp3) is 0.500. The predicted molar refractivity (Wildman–Crippen MR) is 120 cm³/mol. The Morgan fingerprint density at radius 3 is 2.71 bits per heavy atom.